The van der Waals surface area contributed by atoms with Crippen molar-refractivity contribution in [1.82, 2.24) is 0 Å². The average molecular weight is 287 g/mol. The molecule has 0 aromatic heterocycles. The summed E-state index contributed by atoms with van der Waals surface area (Å²) in [6.07, 6.45) is 5.39. The molecule has 0 N–H and O–H groups in total. The molecule has 0 aliphatic heterocycles. The van der Waals surface area contributed by atoms with E-state index in [1.807, 2.05) is 6.92 Å². The zero-order valence-corrected chi connectivity index (χ0v) is 11.7. The molecule has 0 amide bonds. The lowest BCUT2D eigenvalue weighted by atomic mass is 10.2. The van der Waals surface area contributed by atoms with Gasteiger partial charge >= 0.3 is 0 Å². The fourth-order valence-electron chi connectivity index (χ4n) is 1.43. The lowest BCUT2D eigenvalue weighted by Crippen LogP contribution is -2.12. The molecule has 0 unspecified atom stereocenters. The standard InChI is InChI=1S/C13H15ClO3S/c1-3-8-18(15,16)9-4-7-17-13-6-5-12(14)10-11(13)2/h1,5-6,10H,4,7-9H2,2H3. The number of rotatable bonds is 6. The van der Waals surface area contributed by atoms with E-state index in [1.165, 1.54) is 0 Å². The fourth-order valence-corrected chi connectivity index (χ4v) is 2.62. The van der Waals surface area contributed by atoms with E-state index in [0.717, 1.165) is 5.56 Å². The molecule has 0 heterocycles. The third-order valence-electron chi connectivity index (χ3n) is 2.30. The van der Waals surface area contributed by atoms with Crippen molar-refractivity contribution >= 4 is 21.4 Å². The van der Waals surface area contributed by atoms with Crippen LogP contribution in [-0.2, 0) is 9.84 Å². The van der Waals surface area contributed by atoms with Crippen molar-refractivity contribution in [2.24, 2.45) is 0 Å². The number of terminal acetylenes is 1. The summed E-state index contributed by atoms with van der Waals surface area (Å²) in [6.45, 7) is 2.22. The predicted molar refractivity (Wildman–Crippen MR) is 73.8 cm³/mol. The number of benzene rings is 1. The lowest BCUT2D eigenvalue weighted by Gasteiger charge is -2.09. The largest absolute Gasteiger partial charge is 0.493 e. The summed E-state index contributed by atoms with van der Waals surface area (Å²) in [5.41, 5.74) is 0.925. The maximum absolute atomic E-state index is 11.3. The summed E-state index contributed by atoms with van der Waals surface area (Å²) in [6, 6.07) is 5.30. The van der Waals surface area contributed by atoms with Crippen molar-refractivity contribution in [2.45, 2.75) is 13.3 Å². The van der Waals surface area contributed by atoms with E-state index in [0.29, 0.717) is 23.8 Å². The molecule has 98 valence electrons. The van der Waals surface area contributed by atoms with Crippen LogP contribution in [0.5, 0.6) is 5.75 Å². The quantitative estimate of drug-likeness (QED) is 0.596. The number of aryl methyl sites for hydroxylation is 1. The summed E-state index contributed by atoms with van der Waals surface area (Å²) in [5.74, 6) is 2.69. The van der Waals surface area contributed by atoms with Gasteiger partial charge in [-0.3, -0.25) is 0 Å². The molecule has 1 rings (SSSR count). The van der Waals surface area contributed by atoms with Crippen LogP contribution in [0.4, 0.5) is 0 Å². The van der Waals surface area contributed by atoms with E-state index >= 15 is 0 Å². The van der Waals surface area contributed by atoms with E-state index < -0.39 is 9.84 Å². The minimum absolute atomic E-state index is 0.0455. The molecule has 0 fully saturated rings. The van der Waals surface area contributed by atoms with Gasteiger partial charge in [0.1, 0.15) is 11.5 Å². The van der Waals surface area contributed by atoms with Crippen LogP contribution in [0, 0.1) is 19.3 Å². The molecule has 0 saturated carbocycles. The fraction of sp³-hybridized carbons (Fsp3) is 0.385. The molecule has 1 aromatic carbocycles. The van der Waals surface area contributed by atoms with E-state index in [2.05, 4.69) is 5.92 Å². The average Bonchev–Trinajstić information content (AvgIpc) is 2.26. The molecule has 18 heavy (non-hydrogen) atoms. The van der Waals surface area contributed by atoms with Crippen molar-refractivity contribution in [2.75, 3.05) is 18.1 Å². The Kier molecular flexibility index (Phi) is 5.52. The second kappa shape index (κ2) is 6.67. The van der Waals surface area contributed by atoms with Crippen LogP contribution in [0.25, 0.3) is 0 Å². The zero-order valence-electron chi connectivity index (χ0n) is 10.1. The summed E-state index contributed by atoms with van der Waals surface area (Å²) in [4.78, 5) is 0. The Labute approximate surface area is 113 Å². The Hall–Kier alpha value is -1.18. The minimum atomic E-state index is -3.14. The van der Waals surface area contributed by atoms with Gasteiger partial charge in [0.05, 0.1) is 12.4 Å². The van der Waals surface area contributed by atoms with Crippen molar-refractivity contribution in [1.29, 1.82) is 0 Å². The van der Waals surface area contributed by atoms with Gasteiger partial charge in [0, 0.05) is 5.02 Å². The molecule has 0 spiro atoms. The van der Waals surface area contributed by atoms with E-state index in [-0.39, 0.29) is 11.5 Å². The highest BCUT2D eigenvalue weighted by atomic mass is 35.5. The summed E-state index contributed by atoms with van der Waals surface area (Å²) < 4.78 is 28.2. The van der Waals surface area contributed by atoms with Crippen LogP contribution in [0.3, 0.4) is 0 Å². The minimum Gasteiger partial charge on any atom is -0.493 e. The molecule has 0 saturated heterocycles. The number of hydrogen-bond acceptors (Lipinski definition) is 3. The summed E-state index contributed by atoms with van der Waals surface area (Å²) in [5, 5.41) is 0.649. The van der Waals surface area contributed by atoms with Crippen LogP contribution >= 0.6 is 11.6 Å². The van der Waals surface area contributed by atoms with E-state index in [1.54, 1.807) is 18.2 Å². The first-order chi connectivity index (χ1) is 8.44. The Morgan fingerprint density at radius 1 is 1.44 bits per heavy atom. The predicted octanol–water partition coefficient (Wildman–Crippen LogP) is 2.47. The summed E-state index contributed by atoms with van der Waals surface area (Å²) in [7, 11) is -3.14. The Morgan fingerprint density at radius 2 is 2.17 bits per heavy atom. The monoisotopic (exact) mass is 286 g/mol. The van der Waals surface area contributed by atoms with Gasteiger partial charge in [-0.2, -0.15) is 0 Å². The van der Waals surface area contributed by atoms with Crippen LogP contribution in [-0.4, -0.2) is 26.5 Å². The molecule has 0 aliphatic rings. The van der Waals surface area contributed by atoms with Gasteiger partial charge in [-0.15, -0.1) is 6.42 Å². The van der Waals surface area contributed by atoms with Gasteiger partial charge in [0.2, 0.25) is 0 Å². The smallest absolute Gasteiger partial charge is 0.161 e. The number of halogens is 1. The Morgan fingerprint density at radius 3 is 2.78 bits per heavy atom. The van der Waals surface area contributed by atoms with Crippen molar-refractivity contribution in [3.8, 4) is 18.1 Å². The van der Waals surface area contributed by atoms with Gasteiger partial charge < -0.3 is 4.74 Å². The zero-order chi connectivity index (χ0) is 13.6. The van der Waals surface area contributed by atoms with Gasteiger partial charge in [-0.05, 0) is 37.1 Å². The van der Waals surface area contributed by atoms with Crippen LogP contribution in [0.15, 0.2) is 18.2 Å². The van der Waals surface area contributed by atoms with Crippen LogP contribution in [0.1, 0.15) is 12.0 Å². The van der Waals surface area contributed by atoms with Crippen molar-refractivity contribution in [3.63, 3.8) is 0 Å². The van der Waals surface area contributed by atoms with Crippen molar-refractivity contribution in [3.05, 3.63) is 28.8 Å². The maximum atomic E-state index is 11.3. The van der Waals surface area contributed by atoms with Gasteiger partial charge in [0.15, 0.2) is 9.84 Å². The maximum Gasteiger partial charge on any atom is 0.161 e. The summed E-state index contributed by atoms with van der Waals surface area (Å²) >= 11 is 5.82. The molecular formula is C13H15ClO3S. The van der Waals surface area contributed by atoms with Gasteiger partial charge in [0.25, 0.3) is 0 Å². The molecule has 5 heteroatoms. The molecular weight excluding hydrogens is 272 g/mol. The Balaban J connectivity index is 2.41. The first kappa shape index (κ1) is 14.9. The second-order valence-corrected chi connectivity index (χ2v) is 6.53. The molecule has 0 atom stereocenters. The second-order valence-electron chi connectivity index (χ2n) is 3.91. The van der Waals surface area contributed by atoms with Crippen LogP contribution < -0.4 is 4.74 Å². The van der Waals surface area contributed by atoms with Crippen molar-refractivity contribution < 1.29 is 13.2 Å². The highest BCUT2D eigenvalue weighted by molar-refractivity contribution is 7.91. The number of ether oxygens (including phenoxy) is 1. The molecule has 3 nitrogen and oxygen atoms in total. The number of hydrogen-bond donors (Lipinski definition) is 0. The van der Waals surface area contributed by atoms with Gasteiger partial charge in [-0.25, -0.2) is 8.42 Å². The SMILES string of the molecule is C#CCS(=O)(=O)CCCOc1ccc(Cl)cc1C. The number of sulfone groups is 1. The van der Waals surface area contributed by atoms with E-state index in [9.17, 15) is 8.42 Å². The topological polar surface area (TPSA) is 43.4 Å². The first-order valence-electron chi connectivity index (χ1n) is 5.47. The van der Waals surface area contributed by atoms with Gasteiger partial charge in [-0.1, -0.05) is 17.5 Å². The molecule has 0 aliphatic carbocycles. The third kappa shape index (κ3) is 4.99. The third-order valence-corrected chi connectivity index (χ3v) is 4.05. The lowest BCUT2D eigenvalue weighted by molar-refractivity contribution is 0.315. The molecule has 0 radical (unpaired) electrons. The highest BCUT2D eigenvalue weighted by Crippen LogP contribution is 2.21. The molecule has 1 aromatic rings. The van der Waals surface area contributed by atoms with E-state index in [4.69, 9.17) is 22.8 Å². The highest BCUT2D eigenvalue weighted by Gasteiger charge is 2.08. The molecule has 0 bridgehead atoms. The normalized spacial score (nSPS) is 10.9. The van der Waals surface area contributed by atoms with Crippen LogP contribution in [0.2, 0.25) is 5.02 Å². The first-order valence-corrected chi connectivity index (χ1v) is 7.67. The Bertz CT molecular complexity index is 544.